The Hall–Kier alpha value is -2.43. The lowest BCUT2D eigenvalue weighted by Crippen LogP contribution is -2.39. The Morgan fingerprint density at radius 3 is 2.83 bits per heavy atom. The smallest absolute Gasteiger partial charge is 0.243 e. The van der Waals surface area contributed by atoms with E-state index in [0.717, 1.165) is 17.7 Å². The fourth-order valence-corrected chi connectivity index (χ4v) is 5.79. The lowest BCUT2D eigenvalue weighted by molar-refractivity contribution is 0.171. The summed E-state index contributed by atoms with van der Waals surface area (Å²) < 4.78 is 44.4. The molecule has 0 aliphatic carbocycles. The van der Waals surface area contributed by atoms with Gasteiger partial charge in [-0.25, -0.2) is 8.42 Å². The van der Waals surface area contributed by atoms with Gasteiger partial charge in [0.05, 0.1) is 15.7 Å². The van der Waals surface area contributed by atoms with Crippen LogP contribution in [0, 0.1) is 0 Å². The monoisotopic (exact) mass is 433 g/mol. The van der Waals surface area contributed by atoms with E-state index >= 15 is 0 Å². The van der Waals surface area contributed by atoms with Gasteiger partial charge in [0.1, 0.15) is 13.2 Å². The van der Waals surface area contributed by atoms with Crippen LogP contribution in [-0.4, -0.2) is 49.2 Å². The lowest BCUT2D eigenvalue weighted by Gasteiger charge is -2.30. The second kappa shape index (κ2) is 7.43. The van der Waals surface area contributed by atoms with Crippen LogP contribution in [0.3, 0.4) is 0 Å². The summed E-state index contributed by atoms with van der Waals surface area (Å²) in [6, 6.07) is 8.61. The van der Waals surface area contributed by atoms with Crippen molar-refractivity contribution in [3.05, 3.63) is 41.6 Å². The van der Waals surface area contributed by atoms with Gasteiger partial charge in [-0.1, -0.05) is 11.2 Å². The molecule has 3 aromatic rings. The van der Waals surface area contributed by atoms with Crippen LogP contribution in [0.1, 0.15) is 24.7 Å². The predicted octanol–water partition coefficient (Wildman–Crippen LogP) is 3.14. The molecule has 8 nitrogen and oxygen atoms in total. The van der Waals surface area contributed by atoms with E-state index in [2.05, 4.69) is 10.1 Å². The molecule has 2 aromatic heterocycles. The highest BCUT2D eigenvalue weighted by Crippen LogP contribution is 2.35. The zero-order chi connectivity index (χ0) is 19.8. The third kappa shape index (κ3) is 3.52. The molecule has 1 aromatic carbocycles. The van der Waals surface area contributed by atoms with Gasteiger partial charge in [-0.3, -0.25) is 0 Å². The Bertz CT molecular complexity index is 1110. The molecule has 2 aliphatic heterocycles. The third-order valence-corrected chi connectivity index (χ3v) is 7.80. The van der Waals surface area contributed by atoms with Crippen LogP contribution in [0.4, 0.5) is 0 Å². The molecule has 5 rings (SSSR count). The van der Waals surface area contributed by atoms with Crippen LogP contribution in [0.5, 0.6) is 11.5 Å². The number of benzene rings is 1. The maximum Gasteiger partial charge on any atom is 0.243 e. The number of hydrogen-bond acceptors (Lipinski definition) is 8. The van der Waals surface area contributed by atoms with Crippen LogP contribution in [0.25, 0.3) is 10.7 Å². The number of thiophene rings is 1. The molecule has 1 atom stereocenters. The van der Waals surface area contributed by atoms with Gasteiger partial charge in [0.25, 0.3) is 0 Å². The second-order valence-corrected chi connectivity index (χ2v) is 9.83. The number of rotatable bonds is 4. The van der Waals surface area contributed by atoms with Crippen molar-refractivity contribution >= 4 is 21.4 Å². The number of hydrogen-bond donors (Lipinski definition) is 0. The number of nitrogens with zero attached hydrogens (tertiary/aromatic N) is 3. The van der Waals surface area contributed by atoms with E-state index < -0.39 is 10.0 Å². The van der Waals surface area contributed by atoms with Crippen molar-refractivity contribution in [2.24, 2.45) is 0 Å². The summed E-state index contributed by atoms with van der Waals surface area (Å²) in [5, 5.41) is 6.01. The Balaban J connectivity index is 1.37. The summed E-state index contributed by atoms with van der Waals surface area (Å²) in [7, 11) is -3.66. The highest BCUT2D eigenvalue weighted by molar-refractivity contribution is 7.89. The molecule has 0 N–H and O–H groups in total. The zero-order valence-corrected chi connectivity index (χ0v) is 17.1. The number of sulfonamides is 1. The first kappa shape index (κ1) is 18.6. The van der Waals surface area contributed by atoms with Gasteiger partial charge in [0.2, 0.25) is 21.7 Å². The Labute approximate surface area is 172 Å². The van der Waals surface area contributed by atoms with Gasteiger partial charge < -0.3 is 14.0 Å². The van der Waals surface area contributed by atoms with Gasteiger partial charge in [-0.05, 0) is 36.4 Å². The van der Waals surface area contributed by atoms with E-state index in [-0.39, 0.29) is 10.8 Å². The van der Waals surface area contributed by atoms with E-state index in [1.54, 1.807) is 12.1 Å². The van der Waals surface area contributed by atoms with Crippen LogP contribution in [-0.2, 0) is 10.0 Å². The molecule has 0 spiro atoms. The van der Waals surface area contributed by atoms with Crippen molar-refractivity contribution in [2.45, 2.75) is 23.7 Å². The summed E-state index contributed by atoms with van der Waals surface area (Å²) >= 11 is 1.54. The molecular formula is C19H19N3O5S2. The third-order valence-electron chi connectivity index (χ3n) is 5.07. The fourth-order valence-electron chi connectivity index (χ4n) is 3.60. The van der Waals surface area contributed by atoms with E-state index in [4.69, 9.17) is 14.0 Å². The van der Waals surface area contributed by atoms with Gasteiger partial charge in [0, 0.05) is 19.2 Å². The van der Waals surface area contributed by atoms with E-state index in [1.165, 1.54) is 21.7 Å². The van der Waals surface area contributed by atoms with Crippen molar-refractivity contribution in [3.8, 4) is 22.2 Å². The predicted molar refractivity (Wildman–Crippen MR) is 106 cm³/mol. The lowest BCUT2D eigenvalue weighted by atomic mass is 10.00. The van der Waals surface area contributed by atoms with Crippen molar-refractivity contribution in [1.29, 1.82) is 0 Å². The molecule has 1 unspecified atom stereocenters. The van der Waals surface area contributed by atoms with Gasteiger partial charge in [-0.15, -0.1) is 11.3 Å². The van der Waals surface area contributed by atoms with Crippen LogP contribution < -0.4 is 9.47 Å². The largest absolute Gasteiger partial charge is 0.486 e. The minimum atomic E-state index is -3.66. The highest BCUT2D eigenvalue weighted by atomic mass is 32.2. The van der Waals surface area contributed by atoms with Gasteiger partial charge in [-0.2, -0.15) is 9.29 Å². The van der Waals surface area contributed by atoms with Crippen LogP contribution >= 0.6 is 11.3 Å². The molecule has 4 heterocycles. The molecule has 152 valence electrons. The summed E-state index contributed by atoms with van der Waals surface area (Å²) in [6.45, 7) is 1.64. The molecule has 2 aliphatic rings. The van der Waals surface area contributed by atoms with E-state index in [9.17, 15) is 8.42 Å². The molecule has 10 heteroatoms. The molecule has 1 saturated heterocycles. The van der Waals surface area contributed by atoms with Crippen molar-refractivity contribution < 1.29 is 22.4 Å². The summed E-state index contributed by atoms with van der Waals surface area (Å²) in [5.41, 5.74) is 0. The number of ether oxygens (including phenoxy) is 2. The summed E-state index contributed by atoms with van der Waals surface area (Å²) in [4.78, 5) is 5.63. The van der Waals surface area contributed by atoms with E-state index in [1.807, 2.05) is 17.5 Å². The fraction of sp³-hybridized carbons (Fsp3) is 0.368. The van der Waals surface area contributed by atoms with Gasteiger partial charge in [0.15, 0.2) is 11.5 Å². The minimum absolute atomic E-state index is 0.128. The first-order valence-corrected chi connectivity index (χ1v) is 11.7. The average Bonchev–Trinajstić information content (AvgIpc) is 3.45. The highest BCUT2D eigenvalue weighted by Gasteiger charge is 2.34. The van der Waals surface area contributed by atoms with Gasteiger partial charge >= 0.3 is 0 Å². The topological polar surface area (TPSA) is 94.8 Å². The summed E-state index contributed by atoms with van der Waals surface area (Å²) in [6.07, 6.45) is 1.53. The Kier molecular flexibility index (Phi) is 4.76. The normalized spacial score (nSPS) is 19.9. The first-order chi connectivity index (χ1) is 14.1. The minimum Gasteiger partial charge on any atom is -0.486 e. The quantitative estimate of drug-likeness (QED) is 0.624. The molecule has 1 fully saturated rings. The summed E-state index contributed by atoms with van der Waals surface area (Å²) in [5.74, 6) is 1.93. The van der Waals surface area contributed by atoms with Crippen molar-refractivity contribution in [1.82, 2.24) is 14.4 Å². The maximum absolute atomic E-state index is 13.2. The number of piperidine rings is 1. The Morgan fingerprint density at radius 2 is 2.00 bits per heavy atom. The first-order valence-electron chi connectivity index (χ1n) is 9.38. The second-order valence-electron chi connectivity index (χ2n) is 6.94. The van der Waals surface area contributed by atoms with Crippen LogP contribution in [0.15, 0.2) is 45.1 Å². The maximum atomic E-state index is 13.2. The van der Waals surface area contributed by atoms with E-state index in [0.29, 0.717) is 49.5 Å². The van der Waals surface area contributed by atoms with Crippen molar-refractivity contribution in [3.63, 3.8) is 0 Å². The average molecular weight is 434 g/mol. The zero-order valence-electron chi connectivity index (χ0n) is 15.5. The number of aromatic nitrogens is 2. The standard InChI is InChI=1S/C19H19N3O5S2/c23-29(24,14-5-6-15-16(11-14)26-9-8-25-15)22-7-1-3-13(12-22)19-20-18(21-27-19)17-4-2-10-28-17/h2,4-6,10-11,13H,1,3,7-9,12H2. The molecule has 0 saturated carbocycles. The van der Waals surface area contributed by atoms with Crippen LogP contribution in [0.2, 0.25) is 0 Å². The molecular weight excluding hydrogens is 414 g/mol. The molecule has 0 radical (unpaired) electrons. The SMILES string of the molecule is O=S(=O)(c1ccc2c(c1)OCCO2)N1CCCC(c2nc(-c3cccs3)no2)C1. The Morgan fingerprint density at radius 1 is 1.14 bits per heavy atom. The molecule has 0 amide bonds. The molecule has 29 heavy (non-hydrogen) atoms. The van der Waals surface area contributed by atoms with Crippen molar-refractivity contribution in [2.75, 3.05) is 26.3 Å². The number of fused-ring (bicyclic) bond motifs is 1. The molecule has 0 bridgehead atoms.